The summed E-state index contributed by atoms with van der Waals surface area (Å²) in [6.07, 6.45) is 0.0860. The molecule has 1 fully saturated rings. The highest BCUT2D eigenvalue weighted by atomic mass is 32.1. The minimum absolute atomic E-state index is 0.150. The molecule has 0 aliphatic carbocycles. The molecule has 1 aromatic heterocycles. The van der Waals surface area contributed by atoms with Crippen molar-refractivity contribution in [3.8, 4) is 0 Å². The fourth-order valence-corrected chi connectivity index (χ4v) is 3.33. The molecule has 2 atom stereocenters. The molecule has 0 bridgehead atoms. The lowest BCUT2D eigenvalue weighted by molar-refractivity contribution is -0.138. The van der Waals surface area contributed by atoms with Gasteiger partial charge in [-0.25, -0.2) is 0 Å². The van der Waals surface area contributed by atoms with Crippen molar-refractivity contribution in [1.82, 2.24) is 20.8 Å². The summed E-state index contributed by atoms with van der Waals surface area (Å²) in [6.45, 7) is 0.785. The molecule has 2 aromatic rings. The molecular formula is C19H20F3N5O2S. The summed E-state index contributed by atoms with van der Waals surface area (Å²) >= 11 is 0.244. The van der Waals surface area contributed by atoms with Gasteiger partial charge in [-0.3, -0.25) is 14.9 Å². The van der Waals surface area contributed by atoms with Gasteiger partial charge in [-0.15, -0.1) is 10.2 Å². The third kappa shape index (κ3) is 6.36. The van der Waals surface area contributed by atoms with E-state index in [2.05, 4.69) is 26.1 Å². The SMILES string of the molecule is O=C(/C=C/[C@H](CCc1ccccc1)NC(=O)C1CCN1)Nc1nnc(C(F)(F)F)s1. The lowest BCUT2D eigenvalue weighted by Crippen LogP contribution is -2.54. The number of nitrogens with one attached hydrogen (secondary N) is 3. The van der Waals surface area contributed by atoms with Crippen LogP contribution in [0.4, 0.5) is 18.3 Å². The first-order chi connectivity index (χ1) is 14.3. The smallest absolute Gasteiger partial charge is 0.349 e. The summed E-state index contributed by atoms with van der Waals surface area (Å²) in [6, 6.07) is 9.03. The Hall–Kier alpha value is -2.79. The molecule has 3 N–H and O–H groups in total. The molecule has 1 aliphatic rings. The molecule has 3 rings (SSSR count). The highest BCUT2D eigenvalue weighted by Crippen LogP contribution is 2.32. The number of rotatable bonds is 8. The summed E-state index contributed by atoms with van der Waals surface area (Å²) in [5.41, 5.74) is 1.09. The maximum absolute atomic E-state index is 12.6. The van der Waals surface area contributed by atoms with Crippen molar-refractivity contribution in [2.75, 3.05) is 11.9 Å². The van der Waals surface area contributed by atoms with Crippen molar-refractivity contribution in [3.63, 3.8) is 0 Å². The molecule has 0 radical (unpaired) electrons. The maximum Gasteiger partial charge on any atom is 0.445 e. The van der Waals surface area contributed by atoms with Gasteiger partial charge in [0.1, 0.15) is 0 Å². The van der Waals surface area contributed by atoms with Crippen LogP contribution in [0.3, 0.4) is 0 Å². The molecule has 2 amide bonds. The van der Waals surface area contributed by atoms with E-state index in [1.54, 1.807) is 0 Å². The lowest BCUT2D eigenvalue weighted by Gasteiger charge is -2.28. The number of benzene rings is 1. The van der Waals surface area contributed by atoms with Gasteiger partial charge in [-0.1, -0.05) is 47.7 Å². The third-order valence-corrected chi connectivity index (χ3v) is 5.32. The maximum atomic E-state index is 12.6. The summed E-state index contributed by atoms with van der Waals surface area (Å²) in [4.78, 5) is 24.3. The predicted molar refractivity (Wildman–Crippen MR) is 106 cm³/mol. The number of hydrogen-bond donors (Lipinski definition) is 3. The molecule has 7 nitrogen and oxygen atoms in total. The van der Waals surface area contributed by atoms with Crippen LogP contribution in [0.1, 0.15) is 23.4 Å². The summed E-state index contributed by atoms with van der Waals surface area (Å²) in [7, 11) is 0. The van der Waals surface area contributed by atoms with Crippen LogP contribution in [0.5, 0.6) is 0 Å². The molecule has 1 aliphatic heterocycles. The number of aromatic nitrogens is 2. The average molecular weight is 439 g/mol. The standard InChI is InChI=1S/C19H20F3N5O2S/c20-19(21,22)17-26-27-18(30-17)25-15(28)9-8-13(24-16(29)14-10-11-23-14)7-6-12-4-2-1-3-5-12/h1-5,8-9,13-14,23H,6-7,10-11H2,(H,24,29)(H,25,27,28)/b9-8+/t13-,14?/m0/s1. The minimum Gasteiger partial charge on any atom is -0.349 e. The van der Waals surface area contributed by atoms with Gasteiger partial charge in [0.15, 0.2) is 0 Å². The van der Waals surface area contributed by atoms with Crippen molar-refractivity contribution in [1.29, 1.82) is 0 Å². The molecule has 2 heterocycles. The van der Waals surface area contributed by atoms with Gasteiger partial charge in [0.2, 0.25) is 22.0 Å². The largest absolute Gasteiger partial charge is 0.445 e. The Bertz CT molecular complexity index is 897. The Morgan fingerprint density at radius 1 is 1.27 bits per heavy atom. The van der Waals surface area contributed by atoms with Crippen LogP contribution in [0.25, 0.3) is 0 Å². The first-order valence-corrected chi connectivity index (χ1v) is 10.1. The highest BCUT2D eigenvalue weighted by molar-refractivity contribution is 7.15. The number of carbonyl (C=O) groups is 2. The number of hydrogen-bond acceptors (Lipinski definition) is 6. The second-order valence-corrected chi connectivity index (χ2v) is 7.67. The number of anilines is 1. The van der Waals surface area contributed by atoms with Crippen LogP contribution >= 0.6 is 11.3 Å². The Morgan fingerprint density at radius 3 is 2.60 bits per heavy atom. The van der Waals surface area contributed by atoms with Crippen molar-refractivity contribution >= 4 is 28.3 Å². The zero-order chi connectivity index (χ0) is 21.6. The zero-order valence-electron chi connectivity index (χ0n) is 15.8. The van der Waals surface area contributed by atoms with E-state index in [1.165, 1.54) is 12.2 Å². The van der Waals surface area contributed by atoms with Gasteiger partial charge < -0.3 is 10.6 Å². The molecule has 160 valence electrons. The van der Waals surface area contributed by atoms with Crippen molar-refractivity contribution in [2.45, 2.75) is 37.5 Å². The predicted octanol–water partition coefficient (Wildman–Crippen LogP) is 2.53. The van der Waals surface area contributed by atoms with E-state index in [4.69, 9.17) is 0 Å². The van der Waals surface area contributed by atoms with E-state index in [1.807, 2.05) is 30.3 Å². The lowest BCUT2D eigenvalue weighted by atomic mass is 10.0. The Kier molecular flexibility index (Phi) is 7.16. The minimum atomic E-state index is -4.61. The van der Waals surface area contributed by atoms with Crippen LogP contribution in [0.2, 0.25) is 0 Å². The topological polar surface area (TPSA) is 96.0 Å². The van der Waals surface area contributed by atoms with E-state index in [9.17, 15) is 22.8 Å². The first-order valence-electron chi connectivity index (χ1n) is 9.29. The number of amides is 2. The molecule has 0 spiro atoms. The van der Waals surface area contributed by atoms with Gasteiger partial charge in [0.25, 0.3) is 0 Å². The number of carbonyl (C=O) groups excluding carboxylic acids is 2. The first kappa shape index (κ1) is 21.9. The Labute approximate surface area is 174 Å². The fraction of sp³-hybridized carbons (Fsp3) is 0.368. The molecule has 1 unspecified atom stereocenters. The molecular weight excluding hydrogens is 419 g/mol. The second-order valence-electron chi connectivity index (χ2n) is 6.69. The Morgan fingerprint density at radius 2 is 2.00 bits per heavy atom. The zero-order valence-corrected chi connectivity index (χ0v) is 16.6. The van der Waals surface area contributed by atoms with E-state index >= 15 is 0 Å². The normalized spacial score (nSPS) is 17.4. The van der Waals surface area contributed by atoms with Gasteiger partial charge >= 0.3 is 6.18 Å². The van der Waals surface area contributed by atoms with E-state index in [-0.39, 0.29) is 28.4 Å². The van der Waals surface area contributed by atoms with Gasteiger partial charge in [-0.05, 0) is 31.4 Å². The molecule has 11 heteroatoms. The van der Waals surface area contributed by atoms with E-state index in [0.717, 1.165) is 18.5 Å². The highest BCUT2D eigenvalue weighted by Gasteiger charge is 2.35. The van der Waals surface area contributed by atoms with Crippen molar-refractivity contribution in [3.05, 3.63) is 53.1 Å². The Balaban J connectivity index is 1.59. The van der Waals surface area contributed by atoms with Gasteiger partial charge in [0, 0.05) is 12.1 Å². The van der Waals surface area contributed by atoms with E-state index < -0.39 is 23.1 Å². The van der Waals surface area contributed by atoms with E-state index in [0.29, 0.717) is 12.8 Å². The summed E-state index contributed by atoms with van der Waals surface area (Å²) < 4.78 is 37.7. The monoisotopic (exact) mass is 439 g/mol. The van der Waals surface area contributed by atoms with Crippen molar-refractivity contribution < 1.29 is 22.8 Å². The average Bonchev–Trinajstić information content (AvgIpc) is 3.12. The van der Waals surface area contributed by atoms with Gasteiger partial charge in [0.05, 0.1) is 6.04 Å². The second kappa shape index (κ2) is 9.81. The molecule has 1 saturated heterocycles. The molecule has 0 saturated carbocycles. The quantitative estimate of drug-likeness (QED) is 0.550. The van der Waals surface area contributed by atoms with Crippen LogP contribution in [-0.4, -0.2) is 40.6 Å². The number of halogens is 3. The number of aryl methyl sites for hydroxylation is 1. The summed E-state index contributed by atoms with van der Waals surface area (Å²) in [5, 5.41) is 13.1. The van der Waals surface area contributed by atoms with Crippen molar-refractivity contribution in [2.24, 2.45) is 0 Å². The van der Waals surface area contributed by atoms with Crippen LogP contribution in [0.15, 0.2) is 42.5 Å². The van der Waals surface area contributed by atoms with Gasteiger partial charge in [-0.2, -0.15) is 13.2 Å². The van der Waals surface area contributed by atoms with Crippen LogP contribution < -0.4 is 16.0 Å². The molecule has 1 aromatic carbocycles. The number of nitrogens with zero attached hydrogens (tertiary/aromatic N) is 2. The molecule has 30 heavy (non-hydrogen) atoms. The number of alkyl halides is 3. The van der Waals surface area contributed by atoms with Crippen LogP contribution in [-0.2, 0) is 22.2 Å². The summed E-state index contributed by atoms with van der Waals surface area (Å²) in [5.74, 6) is -0.802. The third-order valence-electron chi connectivity index (χ3n) is 4.43. The fourth-order valence-electron chi connectivity index (χ4n) is 2.72. The van der Waals surface area contributed by atoms with Crippen LogP contribution in [0, 0.1) is 0 Å².